The maximum absolute atomic E-state index is 11.9. The summed E-state index contributed by atoms with van der Waals surface area (Å²) in [5.41, 5.74) is 4.71. The van der Waals surface area contributed by atoms with E-state index in [4.69, 9.17) is 4.74 Å². The van der Waals surface area contributed by atoms with E-state index in [1.54, 1.807) is 0 Å². The van der Waals surface area contributed by atoms with E-state index in [0.29, 0.717) is 12.2 Å². The van der Waals surface area contributed by atoms with Crippen molar-refractivity contribution < 1.29 is 9.53 Å². The minimum atomic E-state index is 0.172. The molecule has 1 aliphatic carbocycles. The van der Waals surface area contributed by atoms with Gasteiger partial charge in [-0.15, -0.1) is 0 Å². The zero-order valence-corrected chi connectivity index (χ0v) is 12.3. The molecule has 0 N–H and O–H groups in total. The number of nitrogens with zero attached hydrogens (tertiary/aromatic N) is 1. The topological polar surface area (TPSA) is 31.2 Å². The summed E-state index contributed by atoms with van der Waals surface area (Å²) in [6, 6.07) is 6.36. The van der Waals surface area contributed by atoms with E-state index in [9.17, 15) is 4.79 Å². The molecule has 4 rings (SSSR count). The van der Waals surface area contributed by atoms with Gasteiger partial charge in [0.2, 0.25) is 0 Å². The molecule has 1 aromatic heterocycles. The Morgan fingerprint density at radius 1 is 1.24 bits per heavy atom. The highest BCUT2D eigenvalue weighted by molar-refractivity contribution is 5.98. The number of rotatable bonds is 2. The maximum atomic E-state index is 11.9. The summed E-state index contributed by atoms with van der Waals surface area (Å²) in [6.07, 6.45) is 7.97. The fourth-order valence-corrected chi connectivity index (χ4v) is 3.47. The molecule has 0 saturated carbocycles. The predicted molar refractivity (Wildman–Crippen MR) is 81.0 cm³/mol. The number of Topliss-reactive ketones (excluding diaryl/α,β-unsaturated/α-hetero) is 1. The molecule has 2 aromatic rings. The van der Waals surface area contributed by atoms with Crippen molar-refractivity contribution in [2.24, 2.45) is 0 Å². The predicted octanol–water partition coefficient (Wildman–Crippen LogP) is 3.32. The number of fused-ring (bicyclic) bond motifs is 2. The molecule has 1 aromatic carbocycles. The Morgan fingerprint density at radius 2 is 2.14 bits per heavy atom. The van der Waals surface area contributed by atoms with Gasteiger partial charge in [-0.05, 0) is 37.0 Å². The summed E-state index contributed by atoms with van der Waals surface area (Å²) in [6.45, 7) is 2.92. The number of benzene rings is 1. The molecular formula is C18H19NO2. The van der Waals surface area contributed by atoms with Gasteiger partial charge in [-0.2, -0.15) is 0 Å². The average molecular weight is 281 g/mol. The van der Waals surface area contributed by atoms with Gasteiger partial charge < -0.3 is 9.30 Å². The zero-order valence-electron chi connectivity index (χ0n) is 12.3. The summed E-state index contributed by atoms with van der Waals surface area (Å²) in [5.74, 6) is 1.31. The number of carbonyl (C=O) groups excluding carboxylic acids is 1. The van der Waals surface area contributed by atoms with Gasteiger partial charge in [0.25, 0.3) is 0 Å². The van der Waals surface area contributed by atoms with Crippen molar-refractivity contribution in [2.45, 2.75) is 45.3 Å². The van der Waals surface area contributed by atoms with E-state index in [-0.39, 0.29) is 6.10 Å². The summed E-state index contributed by atoms with van der Waals surface area (Å²) in [5, 5.41) is 0. The smallest absolute Gasteiger partial charge is 0.164 e. The van der Waals surface area contributed by atoms with E-state index >= 15 is 0 Å². The molecule has 0 spiro atoms. The molecule has 1 aliphatic heterocycles. The third kappa shape index (κ3) is 2.27. The van der Waals surface area contributed by atoms with Crippen LogP contribution in [0.2, 0.25) is 0 Å². The van der Waals surface area contributed by atoms with Crippen LogP contribution in [-0.2, 0) is 19.4 Å². The van der Waals surface area contributed by atoms with Crippen molar-refractivity contribution in [3.05, 3.63) is 52.8 Å². The summed E-state index contributed by atoms with van der Waals surface area (Å²) in [7, 11) is 0. The van der Waals surface area contributed by atoms with Crippen LogP contribution in [0.25, 0.3) is 0 Å². The van der Waals surface area contributed by atoms with E-state index in [2.05, 4.69) is 35.9 Å². The second kappa shape index (κ2) is 4.76. The second-order valence-corrected chi connectivity index (χ2v) is 6.23. The van der Waals surface area contributed by atoms with Gasteiger partial charge in [0.15, 0.2) is 5.78 Å². The lowest BCUT2D eigenvalue weighted by atomic mass is 9.95. The van der Waals surface area contributed by atoms with Crippen molar-refractivity contribution in [3.63, 3.8) is 0 Å². The Labute approximate surface area is 124 Å². The van der Waals surface area contributed by atoms with Crippen LogP contribution in [0.1, 0.15) is 39.9 Å². The minimum Gasteiger partial charge on any atom is -0.488 e. The minimum absolute atomic E-state index is 0.172. The van der Waals surface area contributed by atoms with Crippen LogP contribution in [0.4, 0.5) is 0 Å². The van der Waals surface area contributed by atoms with E-state index in [0.717, 1.165) is 37.1 Å². The molecule has 1 atom stereocenters. The standard InChI is InChI=1S/C18H19NO2/c1-12-5-6-18-14(7-12)8-15(21-18)10-19-9-13-3-2-4-17(20)16(13)11-19/h5-7,9,11,15H,2-4,8,10H2,1H3. The highest BCUT2D eigenvalue weighted by Gasteiger charge is 2.25. The Balaban J connectivity index is 1.52. The van der Waals surface area contributed by atoms with Gasteiger partial charge in [0.1, 0.15) is 11.9 Å². The Kier molecular flexibility index (Phi) is 2.88. The summed E-state index contributed by atoms with van der Waals surface area (Å²) < 4.78 is 8.16. The van der Waals surface area contributed by atoms with Gasteiger partial charge in [-0.1, -0.05) is 17.7 Å². The van der Waals surface area contributed by atoms with E-state index < -0.39 is 0 Å². The van der Waals surface area contributed by atoms with Crippen molar-refractivity contribution >= 4 is 5.78 Å². The fourth-order valence-electron chi connectivity index (χ4n) is 3.47. The second-order valence-electron chi connectivity index (χ2n) is 6.23. The number of aromatic nitrogens is 1. The first-order valence-corrected chi connectivity index (χ1v) is 7.67. The van der Waals surface area contributed by atoms with Crippen molar-refractivity contribution in [3.8, 4) is 5.75 Å². The normalized spacial score (nSPS) is 20.0. The number of ether oxygens (including phenoxy) is 1. The van der Waals surface area contributed by atoms with Crippen LogP contribution in [0, 0.1) is 6.92 Å². The van der Waals surface area contributed by atoms with E-state index in [1.165, 1.54) is 16.7 Å². The van der Waals surface area contributed by atoms with Crippen LogP contribution in [-0.4, -0.2) is 16.5 Å². The quantitative estimate of drug-likeness (QED) is 0.845. The van der Waals surface area contributed by atoms with Crippen LogP contribution >= 0.6 is 0 Å². The lowest BCUT2D eigenvalue weighted by molar-refractivity contribution is 0.0972. The Morgan fingerprint density at radius 3 is 3.00 bits per heavy atom. The molecule has 0 saturated heterocycles. The van der Waals surface area contributed by atoms with Gasteiger partial charge >= 0.3 is 0 Å². The van der Waals surface area contributed by atoms with Crippen LogP contribution in [0.5, 0.6) is 5.75 Å². The third-order valence-electron chi connectivity index (χ3n) is 4.48. The Bertz CT molecular complexity index is 714. The molecule has 108 valence electrons. The van der Waals surface area contributed by atoms with Crippen molar-refractivity contribution in [2.75, 3.05) is 0 Å². The molecule has 21 heavy (non-hydrogen) atoms. The fraction of sp³-hybridized carbons (Fsp3) is 0.389. The molecule has 2 aliphatic rings. The van der Waals surface area contributed by atoms with Crippen LogP contribution in [0.3, 0.4) is 0 Å². The number of aryl methyl sites for hydroxylation is 2. The molecule has 3 nitrogen and oxygen atoms in total. The maximum Gasteiger partial charge on any atom is 0.164 e. The first-order chi connectivity index (χ1) is 10.2. The van der Waals surface area contributed by atoms with Crippen molar-refractivity contribution in [1.82, 2.24) is 4.57 Å². The lowest BCUT2D eigenvalue weighted by Crippen LogP contribution is -2.19. The molecule has 0 radical (unpaired) electrons. The molecule has 3 heteroatoms. The number of ketones is 1. The van der Waals surface area contributed by atoms with Gasteiger partial charge in [0.05, 0.1) is 6.54 Å². The molecule has 0 fully saturated rings. The van der Waals surface area contributed by atoms with Crippen molar-refractivity contribution in [1.29, 1.82) is 0 Å². The number of carbonyl (C=O) groups is 1. The summed E-state index contributed by atoms with van der Waals surface area (Å²) >= 11 is 0. The first kappa shape index (κ1) is 12.7. The molecule has 0 amide bonds. The summed E-state index contributed by atoms with van der Waals surface area (Å²) in [4.78, 5) is 11.9. The molecule has 1 unspecified atom stereocenters. The highest BCUT2D eigenvalue weighted by atomic mass is 16.5. The molecular weight excluding hydrogens is 262 g/mol. The molecule has 2 heterocycles. The zero-order chi connectivity index (χ0) is 14.4. The SMILES string of the molecule is Cc1ccc2c(c1)CC(Cn1cc3c(c1)C(=O)CCC3)O2. The van der Waals surface area contributed by atoms with Gasteiger partial charge in [-0.25, -0.2) is 0 Å². The first-order valence-electron chi connectivity index (χ1n) is 7.67. The Hall–Kier alpha value is -2.03. The van der Waals surface area contributed by atoms with E-state index in [1.807, 2.05) is 6.20 Å². The monoisotopic (exact) mass is 281 g/mol. The number of hydrogen-bond donors (Lipinski definition) is 0. The van der Waals surface area contributed by atoms with Gasteiger partial charge in [0, 0.05) is 30.8 Å². The number of hydrogen-bond acceptors (Lipinski definition) is 2. The highest BCUT2D eigenvalue weighted by Crippen LogP contribution is 2.30. The van der Waals surface area contributed by atoms with Gasteiger partial charge in [-0.3, -0.25) is 4.79 Å². The largest absolute Gasteiger partial charge is 0.488 e. The van der Waals surface area contributed by atoms with Crippen LogP contribution < -0.4 is 4.74 Å². The lowest BCUT2D eigenvalue weighted by Gasteiger charge is -2.11. The molecule has 0 bridgehead atoms. The van der Waals surface area contributed by atoms with Crippen LogP contribution in [0.15, 0.2) is 30.6 Å². The average Bonchev–Trinajstić information content (AvgIpc) is 3.02. The third-order valence-corrected chi connectivity index (χ3v) is 4.48.